The number of carboxylic acids is 1. The SMILES string of the molecule is COc1cc(C(=O)c2csc(-c3ccccc3)n2)ccc1C(Cl)(OC)C(=O)O. The molecule has 0 aliphatic rings. The summed E-state index contributed by atoms with van der Waals surface area (Å²) in [5.74, 6) is -1.57. The van der Waals surface area contributed by atoms with Crippen LogP contribution in [0.5, 0.6) is 5.75 Å². The quantitative estimate of drug-likeness (QED) is 0.458. The molecular weight excluding hydrogens is 402 g/mol. The Morgan fingerprint density at radius 3 is 2.46 bits per heavy atom. The molecule has 0 bridgehead atoms. The van der Waals surface area contributed by atoms with Crippen molar-refractivity contribution in [3.05, 3.63) is 70.7 Å². The van der Waals surface area contributed by atoms with E-state index in [1.54, 1.807) is 5.38 Å². The van der Waals surface area contributed by atoms with Crippen LogP contribution in [0.15, 0.2) is 53.9 Å². The largest absolute Gasteiger partial charge is 0.496 e. The minimum Gasteiger partial charge on any atom is -0.496 e. The van der Waals surface area contributed by atoms with E-state index in [0.29, 0.717) is 11.3 Å². The van der Waals surface area contributed by atoms with E-state index in [9.17, 15) is 14.7 Å². The molecule has 2 aromatic carbocycles. The lowest BCUT2D eigenvalue weighted by Crippen LogP contribution is -2.32. The van der Waals surface area contributed by atoms with Gasteiger partial charge in [-0.1, -0.05) is 48.0 Å². The number of thiazole rings is 1. The molecule has 0 radical (unpaired) electrons. The van der Waals surface area contributed by atoms with Gasteiger partial charge in [-0.05, 0) is 12.1 Å². The number of carboxylic acid groups (broad SMARTS) is 1. The molecule has 0 aliphatic heterocycles. The molecule has 144 valence electrons. The molecule has 0 amide bonds. The number of carbonyl (C=O) groups excluding carboxylic acids is 1. The van der Waals surface area contributed by atoms with Gasteiger partial charge in [-0.15, -0.1) is 11.3 Å². The molecular formula is C20H16ClNO5S. The van der Waals surface area contributed by atoms with Crippen LogP contribution in [0.1, 0.15) is 21.6 Å². The summed E-state index contributed by atoms with van der Waals surface area (Å²) in [5.41, 5.74) is 1.60. The standard InChI is InChI=1S/C20H16ClNO5S/c1-26-16-10-13(8-9-14(16)20(21,27-2)19(24)25)17(23)15-11-28-18(22-15)12-6-4-3-5-7-12/h3-11H,1-2H3,(H,24,25). The van der Waals surface area contributed by atoms with Crippen molar-refractivity contribution in [2.24, 2.45) is 0 Å². The Morgan fingerprint density at radius 1 is 1.14 bits per heavy atom. The Kier molecular flexibility index (Phi) is 5.79. The molecule has 28 heavy (non-hydrogen) atoms. The Balaban J connectivity index is 1.95. The van der Waals surface area contributed by atoms with Gasteiger partial charge in [0.05, 0.1) is 12.7 Å². The number of methoxy groups -OCH3 is 2. The van der Waals surface area contributed by atoms with Crippen LogP contribution in [0.2, 0.25) is 0 Å². The molecule has 0 aliphatic carbocycles. The van der Waals surface area contributed by atoms with Crippen molar-refractivity contribution in [3.63, 3.8) is 0 Å². The van der Waals surface area contributed by atoms with E-state index in [2.05, 4.69) is 4.98 Å². The minimum absolute atomic E-state index is 0.0893. The lowest BCUT2D eigenvalue weighted by Gasteiger charge is -2.23. The fourth-order valence-corrected chi connectivity index (χ4v) is 3.61. The lowest BCUT2D eigenvalue weighted by molar-refractivity contribution is -0.153. The van der Waals surface area contributed by atoms with E-state index in [4.69, 9.17) is 21.1 Å². The number of aromatic nitrogens is 1. The maximum atomic E-state index is 12.8. The first-order valence-electron chi connectivity index (χ1n) is 8.12. The predicted octanol–water partition coefficient (Wildman–Crippen LogP) is 4.17. The number of rotatable bonds is 7. The first-order chi connectivity index (χ1) is 13.4. The van der Waals surface area contributed by atoms with Crippen molar-refractivity contribution < 1.29 is 24.2 Å². The molecule has 1 atom stereocenters. The molecule has 0 spiro atoms. The molecule has 1 aromatic heterocycles. The van der Waals surface area contributed by atoms with E-state index in [0.717, 1.165) is 10.6 Å². The average Bonchev–Trinajstić information content (AvgIpc) is 3.23. The molecule has 6 nitrogen and oxygen atoms in total. The van der Waals surface area contributed by atoms with Crippen molar-refractivity contribution in [1.29, 1.82) is 0 Å². The third-order valence-corrected chi connectivity index (χ3v) is 5.53. The van der Waals surface area contributed by atoms with Crippen molar-refractivity contribution in [3.8, 4) is 16.3 Å². The number of hydrogen-bond acceptors (Lipinski definition) is 6. The van der Waals surface area contributed by atoms with Crippen LogP contribution in [0.25, 0.3) is 10.6 Å². The summed E-state index contributed by atoms with van der Waals surface area (Å²) in [6.07, 6.45) is 0. The number of halogens is 1. The van der Waals surface area contributed by atoms with E-state index in [1.807, 2.05) is 30.3 Å². The smallest absolute Gasteiger partial charge is 0.357 e. The van der Waals surface area contributed by atoms with Gasteiger partial charge in [-0.3, -0.25) is 4.79 Å². The molecule has 8 heteroatoms. The van der Waals surface area contributed by atoms with Gasteiger partial charge in [-0.25, -0.2) is 9.78 Å². The van der Waals surface area contributed by atoms with Crippen molar-refractivity contribution in [2.75, 3.05) is 14.2 Å². The lowest BCUT2D eigenvalue weighted by atomic mass is 10.0. The summed E-state index contributed by atoms with van der Waals surface area (Å²) in [4.78, 5) is 28.8. The van der Waals surface area contributed by atoms with Gasteiger partial charge < -0.3 is 14.6 Å². The Morgan fingerprint density at radius 2 is 1.86 bits per heavy atom. The molecule has 1 N–H and O–H groups in total. The van der Waals surface area contributed by atoms with Gasteiger partial charge in [0.1, 0.15) is 16.5 Å². The summed E-state index contributed by atoms with van der Waals surface area (Å²) in [5, 5.41) is 9.69. The van der Waals surface area contributed by atoms with Crippen molar-refractivity contribution >= 4 is 34.7 Å². The van der Waals surface area contributed by atoms with Crippen LogP contribution in [-0.2, 0) is 14.6 Å². The van der Waals surface area contributed by atoms with E-state index in [-0.39, 0.29) is 17.1 Å². The third kappa shape index (κ3) is 3.64. The molecule has 0 saturated heterocycles. The maximum absolute atomic E-state index is 12.8. The van der Waals surface area contributed by atoms with Crippen LogP contribution in [0.3, 0.4) is 0 Å². The highest BCUT2D eigenvalue weighted by molar-refractivity contribution is 7.13. The van der Waals surface area contributed by atoms with Gasteiger partial charge >= 0.3 is 5.97 Å². The molecule has 1 heterocycles. The summed E-state index contributed by atoms with van der Waals surface area (Å²) >= 11 is 7.46. The number of hydrogen-bond donors (Lipinski definition) is 1. The highest BCUT2D eigenvalue weighted by atomic mass is 35.5. The van der Waals surface area contributed by atoms with Gasteiger partial charge in [0.2, 0.25) is 5.78 Å². The first-order valence-corrected chi connectivity index (χ1v) is 9.38. The minimum atomic E-state index is -2.12. The molecule has 3 aromatic rings. The number of aliphatic carboxylic acids is 1. The highest BCUT2D eigenvalue weighted by Crippen LogP contribution is 2.37. The summed E-state index contributed by atoms with van der Waals surface area (Å²) < 4.78 is 10.2. The van der Waals surface area contributed by atoms with Gasteiger partial charge in [0.15, 0.2) is 0 Å². The van der Waals surface area contributed by atoms with Crippen LogP contribution >= 0.6 is 22.9 Å². The number of carbonyl (C=O) groups is 2. The van der Waals surface area contributed by atoms with Crippen molar-refractivity contribution in [1.82, 2.24) is 4.98 Å². The first kappa shape index (κ1) is 20.0. The summed E-state index contributed by atoms with van der Waals surface area (Å²) in [6, 6.07) is 13.9. The zero-order valence-electron chi connectivity index (χ0n) is 15.0. The third-order valence-electron chi connectivity index (χ3n) is 4.12. The maximum Gasteiger partial charge on any atom is 0.357 e. The fraction of sp³-hybridized carbons (Fsp3) is 0.150. The number of nitrogens with zero attached hydrogens (tertiary/aromatic N) is 1. The zero-order chi connectivity index (χ0) is 20.3. The zero-order valence-corrected chi connectivity index (χ0v) is 16.6. The van der Waals surface area contributed by atoms with E-state index < -0.39 is 11.0 Å². The Labute approximate surface area is 170 Å². The normalized spacial score (nSPS) is 13.0. The van der Waals surface area contributed by atoms with E-state index >= 15 is 0 Å². The van der Waals surface area contributed by atoms with Crippen molar-refractivity contribution in [2.45, 2.75) is 5.06 Å². The Bertz CT molecular complexity index is 1020. The monoisotopic (exact) mass is 417 g/mol. The number of alkyl halides is 1. The van der Waals surface area contributed by atoms with Crippen LogP contribution < -0.4 is 4.74 Å². The van der Waals surface area contributed by atoms with Crippen LogP contribution in [0.4, 0.5) is 0 Å². The number of benzene rings is 2. The topological polar surface area (TPSA) is 85.7 Å². The van der Waals surface area contributed by atoms with Gasteiger partial charge in [-0.2, -0.15) is 0 Å². The summed E-state index contributed by atoms with van der Waals surface area (Å²) in [7, 11) is 2.54. The van der Waals surface area contributed by atoms with Crippen LogP contribution in [-0.4, -0.2) is 36.1 Å². The van der Waals surface area contributed by atoms with Gasteiger partial charge in [0.25, 0.3) is 5.06 Å². The summed E-state index contributed by atoms with van der Waals surface area (Å²) in [6.45, 7) is 0. The number of ketones is 1. The van der Waals surface area contributed by atoms with E-state index in [1.165, 1.54) is 43.8 Å². The second-order valence-corrected chi connectivity index (χ2v) is 7.14. The molecule has 3 rings (SSSR count). The average molecular weight is 418 g/mol. The van der Waals surface area contributed by atoms with Crippen LogP contribution in [0, 0.1) is 0 Å². The fourth-order valence-electron chi connectivity index (χ4n) is 2.65. The molecule has 0 fully saturated rings. The molecule has 1 unspecified atom stereocenters. The second-order valence-electron chi connectivity index (χ2n) is 5.75. The second kappa shape index (κ2) is 8.10. The predicted molar refractivity (Wildman–Crippen MR) is 106 cm³/mol. The Hall–Kier alpha value is -2.74. The molecule has 0 saturated carbocycles. The highest BCUT2D eigenvalue weighted by Gasteiger charge is 2.41. The van der Waals surface area contributed by atoms with Gasteiger partial charge in [0, 0.05) is 23.6 Å². The number of ether oxygens (including phenoxy) is 2.